The van der Waals surface area contributed by atoms with Gasteiger partial charge in [-0.05, 0) is 23.1 Å². The first-order chi connectivity index (χ1) is 19.7. The van der Waals surface area contributed by atoms with Crippen LogP contribution in [0.25, 0.3) is 0 Å². The number of carbonyl (C=O) groups is 1. The van der Waals surface area contributed by atoms with E-state index in [9.17, 15) is 4.79 Å². The number of hydrogen-bond donors (Lipinski definition) is 0. The van der Waals surface area contributed by atoms with Crippen molar-refractivity contribution in [2.75, 3.05) is 6.61 Å². The molecule has 0 atom stereocenters. The number of rotatable bonds is 12. The molecule has 0 fully saturated rings. The van der Waals surface area contributed by atoms with E-state index in [-0.39, 0.29) is 25.4 Å². The molecule has 0 amide bonds. The number of hydrogen-bond acceptors (Lipinski definition) is 5. The van der Waals surface area contributed by atoms with Crippen LogP contribution >= 0.6 is 0 Å². The zero-order chi connectivity index (χ0) is 28.0. The zero-order valence-corrected chi connectivity index (χ0v) is 23.0. The van der Waals surface area contributed by atoms with Gasteiger partial charge in [-0.15, -0.1) is 0 Å². The molecule has 4 aromatic carbocycles. The van der Waals surface area contributed by atoms with E-state index in [0.29, 0.717) is 42.3 Å². The molecule has 4 rings (SSSR count). The third-order valence-electron chi connectivity index (χ3n) is 5.94. The normalized spacial score (nSPS) is 10.2. The average molecular weight is 535 g/mol. The van der Waals surface area contributed by atoms with Crippen molar-refractivity contribution in [2.45, 2.75) is 46.5 Å². The van der Waals surface area contributed by atoms with Crippen molar-refractivity contribution in [3.05, 3.63) is 125 Å². The maximum absolute atomic E-state index is 13.3. The lowest BCUT2D eigenvalue weighted by Gasteiger charge is -2.21. The molecule has 0 aromatic heterocycles. The molecule has 5 nitrogen and oxygen atoms in total. The van der Waals surface area contributed by atoms with Gasteiger partial charge in [-0.3, -0.25) is 0 Å². The summed E-state index contributed by atoms with van der Waals surface area (Å²) in [7, 11) is 0. The summed E-state index contributed by atoms with van der Waals surface area (Å²) in [5, 5.41) is 0. The van der Waals surface area contributed by atoms with Crippen LogP contribution in [0.3, 0.4) is 0 Å². The zero-order valence-electron chi connectivity index (χ0n) is 23.0. The van der Waals surface area contributed by atoms with E-state index in [1.165, 1.54) is 0 Å². The summed E-state index contributed by atoms with van der Waals surface area (Å²) in [4.78, 5) is 13.3. The third-order valence-corrected chi connectivity index (χ3v) is 5.94. The van der Waals surface area contributed by atoms with Crippen molar-refractivity contribution in [3.8, 4) is 29.1 Å². The number of benzene rings is 4. The first kappa shape index (κ1) is 28.3. The van der Waals surface area contributed by atoms with Crippen LogP contribution in [0, 0.1) is 11.8 Å². The monoisotopic (exact) mass is 534 g/mol. The Balaban J connectivity index is 1.83. The van der Waals surface area contributed by atoms with E-state index in [1.807, 2.05) is 105 Å². The fourth-order valence-corrected chi connectivity index (χ4v) is 3.93. The molecule has 204 valence electrons. The van der Waals surface area contributed by atoms with Gasteiger partial charge < -0.3 is 18.9 Å². The van der Waals surface area contributed by atoms with Gasteiger partial charge in [0, 0.05) is 12.5 Å². The van der Waals surface area contributed by atoms with Crippen molar-refractivity contribution in [1.82, 2.24) is 0 Å². The maximum atomic E-state index is 13.3. The molecule has 0 saturated carbocycles. The molecule has 0 unspecified atom stereocenters. The molecule has 0 radical (unpaired) electrons. The summed E-state index contributed by atoms with van der Waals surface area (Å²) in [6.07, 6.45) is 1.31. The first-order valence-corrected chi connectivity index (χ1v) is 13.6. The molecule has 0 aliphatic carbocycles. The Hall–Kier alpha value is -4.69. The third kappa shape index (κ3) is 7.91. The molecule has 5 heteroatoms. The molecule has 0 aliphatic rings. The number of carbonyl (C=O) groups excluding carboxylic acids is 1. The SMILES string of the molecule is CCC#Cc1c(C(=O)OCCC)cc(OCc2ccccc2)c(OCc2ccccc2)c1OCc1ccccc1. The highest BCUT2D eigenvalue weighted by atomic mass is 16.5. The smallest absolute Gasteiger partial charge is 0.339 e. The second-order valence-electron chi connectivity index (χ2n) is 9.07. The number of esters is 1. The lowest BCUT2D eigenvalue weighted by Crippen LogP contribution is -2.12. The van der Waals surface area contributed by atoms with Gasteiger partial charge in [-0.2, -0.15) is 0 Å². The molecule has 0 heterocycles. The van der Waals surface area contributed by atoms with E-state index in [0.717, 1.165) is 16.7 Å². The Morgan fingerprint density at radius 3 is 1.68 bits per heavy atom. The van der Waals surface area contributed by atoms with Gasteiger partial charge in [0.25, 0.3) is 0 Å². The van der Waals surface area contributed by atoms with Gasteiger partial charge in [0.1, 0.15) is 19.8 Å². The summed E-state index contributed by atoms with van der Waals surface area (Å²) >= 11 is 0. The van der Waals surface area contributed by atoms with E-state index in [2.05, 4.69) is 11.8 Å². The second-order valence-corrected chi connectivity index (χ2v) is 9.07. The maximum Gasteiger partial charge on any atom is 0.339 e. The minimum atomic E-state index is -0.481. The summed E-state index contributed by atoms with van der Waals surface area (Å²) in [6.45, 7) is 5.03. The molecule has 0 saturated heterocycles. The minimum Gasteiger partial charge on any atom is -0.485 e. The molecule has 4 aromatic rings. The van der Waals surface area contributed by atoms with Crippen LogP contribution in [0.4, 0.5) is 0 Å². The average Bonchev–Trinajstić information content (AvgIpc) is 3.01. The first-order valence-electron chi connectivity index (χ1n) is 13.6. The van der Waals surface area contributed by atoms with Crippen molar-refractivity contribution in [3.63, 3.8) is 0 Å². The van der Waals surface area contributed by atoms with Gasteiger partial charge in [0.2, 0.25) is 5.75 Å². The quantitative estimate of drug-likeness (QED) is 0.137. The van der Waals surface area contributed by atoms with Crippen LogP contribution in [0.1, 0.15) is 59.3 Å². The molecule has 0 bridgehead atoms. The molecular formula is C35H34O5. The van der Waals surface area contributed by atoms with E-state index in [1.54, 1.807) is 6.07 Å². The van der Waals surface area contributed by atoms with Crippen molar-refractivity contribution in [2.24, 2.45) is 0 Å². The van der Waals surface area contributed by atoms with Crippen LogP contribution in [0.15, 0.2) is 97.1 Å². The van der Waals surface area contributed by atoms with Crippen molar-refractivity contribution >= 4 is 5.97 Å². The second kappa shape index (κ2) is 15.0. The van der Waals surface area contributed by atoms with Crippen LogP contribution in [0.5, 0.6) is 17.2 Å². The fraction of sp³-hybridized carbons (Fsp3) is 0.229. The molecule has 0 spiro atoms. The van der Waals surface area contributed by atoms with E-state index >= 15 is 0 Å². The van der Waals surface area contributed by atoms with Crippen LogP contribution in [0.2, 0.25) is 0 Å². The van der Waals surface area contributed by atoms with Crippen molar-refractivity contribution < 1.29 is 23.7 Å². The standard InChI is InChI=1S/C35H34O5/c1-3-5-21-30-31(35(36)37-22-4-2)23-32(38-24-27-15-9-6-10-16-27)34(40-26-29-19-13-8-14-20-29)33(30)39-25-28-17-11-7-12-18-28/h6-20,23H,3-4,22,24-26H2,1-2H3. The molecule has 0 N–H and O–H groups in total. The van der Waals surface area contributed by atoms with Gasteiger partial charge in [0.05, 0.1) is 17.7 Å². The minimum absolute atomic E-state index is 0.259. The van der Waals surface area contributed by atoms with Crippen LogP contribution in [-0.2, 0) is 24.6 Å². The molecule has 40 heavy (non-hydrogen) atoms. The molecular weight excluding hydrogens is 500 g/mol. The van der Waals surface area contributed by atoms with Gasteiger partial charge in [0.15, 0.2) is 11.5 Å². The summed E-state index contributed by atoms with van der Waals surface area (Å²) in [5.74, 6) is 6.90. The predicted octanol–water partition coefficient (Wildman–Crippen LogP) is 7.75. The Morgan fingerprint density at radius 2 is 1.18 bits per heavy atom. The largest absolute Gasteiger partial charge is 0.485 e. The lowest BCUT2D eigenvalue weighted by atomic mass is 10.0. The molecule has 0 aliphatic heterocycles. The summed E-state index contributed by atoms with van der Waals surface area (Å²) < 4.78 is 24.7. The van der Waals surface area contributed by atoms with E-state index in [4.69, 9.17) is 18.9 Å². The summed E-state index contributed by atoms with van der Waals surface area (Å²) in [6, 6.07) is 31.2. The Kier molecular flexibility index (Phi) is 10.6. The Bertz CT molecular complexity index is 1420. The Morgan fingerprint density at radius 1 is 0.675 bits per heavy atom. The lowest BCUT2D eigenvalue weighted by molar-refractivity contribution is 0.0503. The number of ether oxygens (including phenoxy) is 4. The van der Waals surface area contributed by atoms with Crippen LogP contribution in [-0.4, -0.2) is 12.6 Å². The highest BCUT2D eigenvalue weighted by Crippen LogP contribution is 2.44. The van der Waals surface area contributed by atoms with Gasteiger partial charge in [-0.1, -0.05) is 117 Å². The van der Waals surface area contributed by atoms with Crippen molar-refractivity contribution in [1.29, 1.82) is 0 Å². The van der Waals surface area contributed by atoms with Crippen LogP contribution < -0.4 is 14.2 Å². The predicted molar refractivity (Wildman–Crippen MR) is 157 cm³/mol. The van der Waals surface area contributed by atoms with Gasteiger partial charge >= 0.3 is 5.97 Å². The van der Waals surface area contributed by atoms with E-state index < -0.39 is 5.97 Å². The Labute approximate surface area is 236 Å². The van der Waals surface area contributed by atoms with Gasteiger partial charge in [-0.25, -0.2) is 4.79 Å². The highest BCUT2D eigenvalue weighted by molar-refractivity contribution is 5.95. The summed E-state index contributed by atoms with van der Waals surface area (Å²) in [5.41, 5.74) is 3.64. The fourth-order valence-electron chi connectivity index (χ4n) is 3.93. The highest BCUT2D eigenvalue weighted by Gasteiger charge is 2.26. The topological polar surface area (TPSA) is 54.0 Å².